The molecule has 1 N–H and O–H groups in total. The molecule has 1 aliphatic rings. The van der Waals surface area contributed by atoms with Crippen molar-refractivity contribution in [2.75, 3.05) is 6.54 Å². The van der Waals surface area contributed by atoms with Crippen LogP contribution in [0.3, 0.4) is 0 Å². The largest absolute Gasteiger partial charge is 0.333 e. The molecule has 6 heteroatoms. The lowest BCUT2D eigenvalue weighted by Crippen LogP contribution is -2.27. The van der Waals surface area contributed by atoms with Crippen LogP contribution >= 0.6 is 11.3 Å². The minimum absolute atomic E-state index is 0.249. The molecule has 0 bridgehead atoms. The lowest BCUT2D eigenvalue weighted by atomic mass is 10.0. The second-order valence-electron chi connectivity index (χ2n) is 3.83. The fraction of sp³-hybridized carbons (Fsp3) is 0.500. The number of nitrogens with one attached hydrogen (secondary N) is 1. The average molecular weight is 236 g/mol. The normalized spacial score (nSPS) is 21.1. The molecule has 1 atom stereocenters. The highest BCUT2D eigenvalue weighted by molar-refractivity contribution is 7.13. The molecule has 1 unspecified atom stereocenters. The van der Waals surface area contributed by atoms with Crippen molar-refractivity contribution in [3.05, 3.63) is 17.5 Å². The summed E-state index contributed by atoms with van der Waals surface area (Å²) in [5.41, 5.74) is 1.76. The van der Waals surface area contributed by atoms with Crippen LogP contribution in [-0.2, 0) is 0 Å². The van der Waals surface area contributed by atoms with Crippen LogP contribution in [0.5, 0.6) is 0 Å². The van der Waals surface area contributed by atoms with Crippen molar-refractivity contribution in [2.24, 2.45) is 0 Å². The van der Waals surface area contributed by atoms with E-state index in [0.717, 1.165) is 23.7 Å². The number of hydrogen-bond acceptors (Lipinski definition) is 6. The van der Waals surface area contributed by atoms with Gasteiger partial charge in [-0.3, -0.25) is 4.98 Å². The predicted molar refractivity (Wildman–Crippen MR) is 60.0 cm³/mol. The van der Waals surface area contributed by atoms with Crippen LogP contribution in [0.1, 0.15) is 31.1 Å². The first kappa shape index (κ1) is 9.92. The summed E-state index contributed by atoms with van der Waals surface area (Å²) >= 11 is 1.51. The Bertz CT molecular complexity index is 447. The Morgan fingerprint density at radius 3 is 3.19 bits per heavy atom. The maximum atomic E-state index is 5.23. The number of aromatic nitrogens is 3. The third-order valence-electron chi connectivity index (χ3n) is 2.71. The summed E-state index contributed by atoms with van der Waals surface area (Å²) in [6.07, 6.45) is 5.29. The van der Waals surface area contributed by atoms with Crippen LogP contribution in [0.25, 0.3) is 10.8 Å². The summed E-state index contributed by atoms with van der Waals surface area (Å²) in [6, 6.07) is 0.249. The molecule has 1 aliphatic heterocycles. The Hall–Kier alpha value is -1.27. The van der Waals surface area contributed by atoms with Gasteiger partial charge in [-0.25, -0.2) is 0 Å². The van der Waals surface area contributed by atoms with E-state index in [0.29, 0.717) is 5.89 Å². The molecule has 3 rings (SSSR count). The Kier molecular flexibility index (Phi) is 2.67. The minimum atomic E-state index is 0.249. The molecule has 0 saturated carbocycles. The van der Waals surface area contributed by atoms with Crippen LogP contribution in [-0.4, -0.2) is 21.7 Å². The molecule has 2 aromatic rings. The molecule has 1 saturated heterocycles. The summed E-state index contributed by atoms with van der Waals surface area (Å²) in [6.45, 7) is 1.04. The van der Waals surface area contributed by atoms with Gasteiger partial charge < -0.3 is 9.84 Å². The van der Waals surface area contributed by atoms with E-state index in [4.69, 9.17) is 4.52 Å². The van der Waals surface area contributed by atoms with Crippen molar-refractivity contribution in [1.82, 2.24) is 20.4 Å². The van der Waals surface area contributed by atoms with Crippen LogP contribution in [0.2, 0.25) is 0 Å². The van der Waals surface area contributed by atoms with E-state index in [-0.39, 0.29) is 6.04 Å². The minimum Gasteiger partial charge on any atom is -0.333 e. The first-order chi connectivity index (χ1) is 7.93. The maximum absolute atomic E-state index is 5.23. The molecule has 0 spiro atoms. The highest BCUT2D eigenvalue weighted by Gasteiger charge is 2.20. The lowest BCUT2D eigenvalue weighted by Gasteiger charge is -2.19. The van der Waals surface area contributed by atoms with Crippen molar-refractivity contribution in [2.45, 2.75) is 25.3 Å². The first-order valence-electron chi connectivity index (χ1n) is 5.39. The summed E-state index contributed by atoms with van der Waals surface area (Å²) in [5, 5.41) is 7.42. The second kappa shape index (κ2) is 4.31. The molecule has 84 valence electrons. The van der Waals surface area contributed by atoms with Gasteiger partial charge in [0.05, 0.1) is 17.7 Å². The van der Waals surface area contributed by atoms with Gasteiger partial charge in [0, 0.05) is 0 Å². The standard InChI is InChI=1S/C10H12N4OS/c1-2-4-12-7(3-1)9-13-10(15-14-9)8-5-11-6-16-8/h5-7,12H,1-4H2. The molecular weight excluding hydrogens is 224 g/mol. The highest BCUT2D eigenvalue weighted by atomic mass is 32.1. The summed E-state index contributed by atoms with van der Waals surface area (Å²) in [4.78, 5) is 9.33. The van der Waals surface area contributed by atoms with Gasteiger partial charge in [0.2, 0.25) is 0 Å². The molecule has 0 aromatic carbocycles. The van der Waals surface area contributed by atoms with Crippen molar-refractivity contribution in [1.29, 1.82) is 0 Å². The summed E-state index contributed by atoms with van der Waals surface area (Å²) < 4.78 is 5.23. The molecular formula is C10H12N4OS. The lowest BCUT2D eigenvalue weighted by molar-refractivity contribution is 0.367. The van der Waals surface area contributed by atoms with E-state index in [1.807, 2.05) is 0 Å². The van der Waals surface area contributed by atoms with Crippen LogP contribution in [0.4, 0.5) is 0 Å². The number of thiazole rings is 1. The highest BCUT2D eigenvalue weighted by Crippen LogP contribution is 2.25. The van der Waals surface area contributed by atoms with E-state index in [1.54, 1.807) is 11.7 Å². The first-order valence-corrected chi connectivity index (χ1v) is 6.27. The Morgan fingerprint density at radius 2 is 2.44 bits per heavy atom. The summed E-state index contributed by atoms with van der Waals surface area (Å²) in [5.74, 6) is 1.34. The van der Waals surface area contributed by atoms with Crippen LogP contribution < -0.4 is 5.32 Å². The molecule has 5 nitrogen and oxygen atoms in total. The number of nitrogens with zero attached hydrogens (tertiary/aromatic N) is 3. The van der Waals surface area contributed by atoms with Crippen molar-refractivity contribution < 1.29 is 4.52 Å². The fourth-order valence-corrected chi connectivity index (χ4v) is 2.41. The topological polar surface area (TPSA) is 63.8 Å². The number of rotatable bonds is 2. The van der Waals surface area contributed by atoms with E-state index < -0.39 is 0 Å². The van der Waals surface area contributed by atoms with Crippen molar-refractivity contribution in [3.8, 4) is 10.8 Å². The molecule has 3 heterocycles. The monoisotopic (exact) mass is 236 g/mol. The molecule has 0 aliphatic carbocycles. The smallest absolute Gasteiger partial charge is 0.269 e. The maximum Gasteiger partial charge on any atom is 0.269 e. The third-order valence-corrected chi connectivity index (χ3v) is 3.47. The molecule has 2 aromatic heterocycles. The van der Waals surface area contributed by atoms with Crippen LogP contribution in [0, 0.1) is 0 Å². The third kappa shape index (κ3) is 1.85. The Labute approximate surface area is 96.9 Å². The average Bonchev–Trinajstić information content (AvgIpc) is 3.01. The van der Waals surface area contributed by atoms with Gasteiger partial charge in [0.1, 0.15) is 4.88 Å². The molecule has 1 fully saturated rings. The number of piperidine rings is 1. The number of hydrogen-bond donors (Lipinski definition) is 1. The predicted octanol–water partition coefficient (Wildman–Crippen LogP) is 2.01. The SMILES string of the molecule is c1ncc(-c2nc(C3CCCCN3)no2)s1. The second-order valence-corrected chi connectivity index (χ2v) is 4.71. The molecule has 16 heavy (non-hydrogen) atoms. The Balaban J connectivity index is 1.82. The zero-order valence-electron chi connectivity index (χ0n) is 8.72. The summed E-state index contributed by atoms with van der Waals surface area (Å²) in [7, 11) is 0. The van der Waals surface area contributed by atoms with E-state index in [9.17, 15) is 0 Å². The fourth-order valence-electron chi connectivity index (χ4n) is 1.87. The van der Waals surface area contributed by atoms with Gasteiger partial charge in [-0.05, 0) is 19.4 Å². The molecule has 0 radical (unpaired) electrons. The van der Waals surface area contributed by atoms with Gasteiger partial charge >= 0.3 is 0 Å². The van der Waals surface area contributed by atoms with Gasteiger partial charge in [-0.15, -0.1) is 11.3 Å². The van der Waals surface area contributed by atoms with E-state index >= 15 is 0 Å². The zero-order chi connectivity index (χ0) is 10.8. The van der Waals surface area contributed by atoms with Gasteiger partial charge in [0.25, 0.3) is 5.89 Å². The van der Waals surface area contributed by atoms with Crippen molar-refractivity contribution >= 4 is 11.3 Å². The van der Waals surface area contributed by atoms with E-state index in [1.165, 1.54) is 24.2 Å². The van der Waals surface area contributed by atoms with Crippen LogP contribution in [0.15, 0.2) is 16.2 Å². The zero-order valence-corrected chi connectivity index (χ0v) is 9.54. The van der Waals surface area contributed by atoms with Crippen molar-refractivity contribution in [3.63, 3.8) is 0 Å². The van der Waals surface area contributed by atoms with Gasteiger partial charge in [-0.2, -0.15) is 4.98 Å². The van der Waals surface area contributed by atoms with E-state index in [2.05, 4.69) is 20.4 Å². The van der Waals surface area contributed by atoms with Gasteiger partial charge in [0.15, 0.2) is 5.82 Å². The molecule has 0 amide bonds. The quantitative estimate of drug-likeness (QED) is 0.864. The van der Waals surface area contributed by atoms with Gasteiger partial charge in [-0.1, -0.05) is 11.6 Å². The Morgan fingerprint density at radius 1 is 1.44 bits per heavy atom.